The third-order valence-corrected chi connectivity index (χ3v) is 6.75. The van der Waals surface area contributed by atoms with Gasteiger partial charge in [0.15, 0.2) is 11.2 Å². The van der Waals surface area contributed by atoms with Crippen LogP contribution in [0.4, 0.5) is 13.2 Å². The second-order valence-corrected chi connectivity index (χ2v) is 8.38. The van der Waals surface area contributed by atoms with E-state index in [1.54, 1.807) is 0 Å². The van der Waals surface area contributed by atoms with E-state index in [1.165, 1.54) is 45.0 Å². The summed E-state index contributed by atoms with van der Waals surface area (Å²) in [7, 11) is 2.94. The number of pyridine rings is 1. The fourth-order valence-corrected chi connectivity index (χ4v) is 5.37. The van der Waals surface area contributed by atoms with E-state index in [9.17, 15) is 18.3 Å². The lowest BCUT2D eigenvalue weighted by Crippen LogP contribution is -2.48. The standard InChI is InChI=1S/C26H22F3NO4/c1-32-15-19-12-20(16-6-4-3-5-7-16)25(17-8-10-18(11-9-17)26(27,28)29)24(19,31)23-21(33-2)13-30-14-22(23)34-25/h3-11,13-15,20,31H,12H2,1-2H3. The van der Waals surface area contributed by atoms with Gasteiger partial charge in [-0.2, -0.15) is 13.2 Å². The number of methoxy groups -OCH3 is 2. The number of benzene rings is 2. The van der Waals surface area contributed by atoms with E-state index in [2.05, 4.69) is 4.98 Å². The Morgan fingerprint density at radius 1 is 1.06 bits per heavy atom. The third-order valence-electron chi connectivity index (χ3n) is 6.75. The highest BCUT2D eigenvalue weighted by atomic mass is 19.4. The number of halogens is 3. The number of hydrogen-bond acceptors (Lipinski definition) is 5. The Balaban J connectivity index is 1.82. The molecule has 3 unspecified atom stereocenters. The van der Waals surface area contributed by atoms with Crippen LogP contribution in [0, 0.1) is 0 Å². The number of hydrogen-bond donors (Lipinski definition) is 1. The summed E-state index contributed by atoms with van der Waals surface area (Å²) in [5.41, 5.74) is -1.91. The molecule has 2 aliphatic rings. The van der Waals surface area contributed by atoms with Crippen LogP contribution in [0.5, 0.6) is 11.5 Å². The number of fused-ring (bicyclic) bond motifs is 3. The van der Waals surface area contributed by atoms with E-state index in [4.69, 9.17) is 14.2 Å². The number of ether oxygens (including phenoxy) is 3. The monoisotopic (exact) mass is 469 g/mol. The summed E-state index contributed by atoms with van der Waals surface area (Å²) in [6.45, 7) is 0. The number of aliphatic hydroxyl groups is 1. The molecule has 5 rings (SSSR count). The molecular formula is C26H22F3NO4. The molecule has 8 heteroatoms. The molecule has 1 aliphatic carbocycles. The first kappa shape index (κ1) is 22.3. The Kier molecular flexibility index (Phi) is 5.09. The first-order valence-electron chi connectivity index (χ1n) is 10.7. The largest absolute Gasteiger partial charge is 0.504 e. The van der Waals surface area contributed by atoms with Crippen LogP contribution >= 0.6 is 0 Å². The zero-order valence-electron chi connectivity index (χ0n) is 18.5. The highest BCUT2D eigenvalue weighted by Crippen LogP contribution is 2.69. The molecule has 176 valence electrons. The summed E-state index contributed by atoms with van der Waals surface area (Å²) in [5.74, 6) is 0.155. The summed E-state index contributed by atoms with van der Waals surface area (Å²) < 4.78 is 57.4. The molecule has 0 radical (unpaired) electrons. The van der Waals surface area contributed by atoms with Gasteiger partial charge in [0.25, 0.3) is 0 Å². The van der Waals surface area contributed by atoms with Gasteiger partial charge in [0.05, 0.1) is 44.0 Å². The van der Waals surface area contributed by atoms with Crippen LogP contribution < -0.4 is 9.47 Å². The van der Waals surface area contributed by atoms with Crippen LogP contribution in [-0.2, 0) is 22.1 Å². The van der Waals surface area contributed by atoms with Gasteiger partial charge in [-0.1, -0.05) is 42.5 Å². The second kappa shape index (κ2) is 7.77. The van der Waals surface area contributed by atoms with Crippen molar-refractivity contribution in [1.29, 1.82) is 0 Å². The zero-order valence-corrected chi connectivity index (χ0v) is 18.5. The van der Waals surface area contributed by atoms with Crippen LogP contribution in [0.25, 0.3) is 0 Å². The molecule has 1 N–H and O–H groups in total. The minimum Gasteiger partial charge on any atom is -0.504 e. The summed E-state index contributed by atoms with van der Waals surface area (Å²) in [5, 5.41) is 12.5. The minimum absolute atomic E-state index is 0.296. The first-order chi connectivity index (χ1) is 16.3. The first-order valence-corrected chi connectivity index (χ1v) is 10.7. The van der Waals surface area contributed by atoms with Gasteiger partial charge in [0, 0.05) is 11.5 Å². The Labute approximate surface area is 194 Å². The van der Waals surface area contributed by atoms with E-state index in [0.29, 0.717) is 34.6 Å². The van der Waals surface area contributed by atoms with Crippen molar-refractivity contribution in [3.05, 3.63) is 101 Å². The highest BCUT2D eigenvalue weighted by molar-refractivity contribution is 5.63. The molecule has 1 aromatic heterocycles. The average Bonchev–Trinajstić information content (AvgIpc) is 3.25. The quantitative estimate of drug-likeness (QED) is 0.526. The summed E-state index contributed by atoms with van der Waals surface area (Å²) >= 11 is 0. The lowest BCUT2D eigenvalue weighted by Gasteiger charge is -2.40. The second-order valence-electron chi connectivity index (χ2n) is 8.38. The SMILES string of the molecule is COC=C1CC(c2ccccc2)C2(c3ccc(C(F)(F)F)cc3)Oc3cncc(OC)c3C12O. The molecule has 3 atom stereocenters. The number of rotatable bonds is 4. The van der Waals surface area contributed by atoms with E-state index in [0.717, 1.165) is 17.7 Å². The Morgan fingerprint density at radius 2 is 1.76 bits per heavy atom. The Morgan fingerprint density at radius 3 is 2.38 bits per heavy atom. The van der Waals surface area contributed by atoms with Gasteiger partial charge in [0.1, 0.15) is 11.5 Å². The van der Waals surface area contributed by atoms with Crippen LogP contribution in [0.3, 0.4) is 0 Å². The van der Waals surface area contributed by atoms with Gasteiger partial charge in [0.2, 0.25) is 0 Å². The third kappa shape index (κ3) is 2.94. The van der Waals surface area contributed by atoms with Gasteiger partial charge >= 0.3 is 6.18 Å². The number of aromatic nitrogens is 1. The van der Waals surface area contributed by atoms with Crippen LogP contribution in [-0.4, -0.2) is 24.3 Å². The smallest absolute Gasteiger partial charge is 0.416 e. The average molecular weight is 469 g/mol. The summed E-state index contributed by atoms with van der Waals surface area (Å²) in [6, 6.07) is 14.2. The van der Waals surface area contributed by atoms with E-state index < -0.39 is 28.9 Å². The number of nitrogens with zero attached hydrogens (tertiary/aromatic N) is 1. The fourth-order valence-electron chi connectivity index (χ4n) is 5.37. The van der Waals surface area contributed by atoms with Gasteiger partial charge in [-0.15, -0.1) is 0 Å². The van der Waals surface area contributed by atoms with Crippen molar-refractivity contribution in [3.8, 4) is 11.5 Å². The fraction of sp³-hybridized carbons (Fsp3) is 0.269. The maximum atomic E-state index is 13.3. The van der Waals surface area contributed by atoms with Gasteiger partial charge < -0.3 is 19.3 Å². The van der Waals surface area contributed by atoms with Crippen molar-refractivity contribution in [1.82, 2.24) is 4.98 Å². The van der Waals surface area contributed by atoms with Crippen molar-refractivity contribution in [2.45, 2.75) is 29.7 Å². The predicted octanol–water partition coefficient (Wildman–Crippen LogP) is 5.30. The molecule has 0 spiro atoms. The maximum Gasteiger partial charge on any atom is 0.416 e. The Hall–Kier alpha value is -3.52. The van der Waals surface area contributed by atoms with Gasteiger partial charge in [-0.25, -0.2) is 0 Å². The molecule has 5 nitrogen and oxygen atoms in total. The molecule has 2 heterocycles. The molecule has 0 saturated heterocycles. The van der Waals surface area contributed by atoms with Crippen molar-refractivity contribution in [2.75, 3.05) is 14.2 Å². The molecule has 1 aliphatic heterocycles. The molecule has 2 aromatic carbocycles. The van der Waals surface area contributed by atoms with Crippen LogP contribution in [0.1, 0.15) is 34.6 Å². The lowest BCUT2D eigenvalue weighted by atomic mass is 9.71. The van der Waals surface area contributed by atoms with E-state index in [-0.39, 0.29) is 0 Å². The van der Waals surface area contributed by atoms with Gasteiger partial charge in [-0.05, 0) is 29.7 Å². The lowest BCUT2D eigenvalue weighted by molar-refractivity contribution is -0.137. The molecule has 1 saturated carbocycles. The summed E-state index contributed by atoms with van der Waals surface area (Å²) in [6.07, 6.45) is 0.283. The number of alkyl halides is 3. The van der Waals surface area contributed by atoms with Crippen LogP contribution in [0.2, 0.25) is 0 Å². The molecule has 0 amide bonds. The van der Waals surface area contributed by atoms with Gasteiger partial charge in [-0.3, -0.25) is 4.98 Å². The van der Waals surface area contributed by atoms with E-state index in [1.807, 2.05) is 30.3 Å². The molecule has 1 fully saturated rings. The molecule has 34 heavy (non-hydrogen) atoms. The molecule has 0 bridgehead atoms. The van der Waals surface area contributed by atoms with Crippen molar-refractivity contribution in [2.24, 2.45) is 0 Å². The highest BCUT2D eigenvalue weighted by Gasteiger charge is 2.72. The summed E-state index contributed by atoms with van der Waals surface area (Å²) in [4.78, 5) is 4.16. The van der Waals surface area contributed by atoms with Crippen molar-refractivity contribution >= 4 is 0 Å². The van der Waals surface area contributed by atoms with Crippen LogP contribution in [0.15, 0.2) is 78.8 Å². The van der Waals surface area contributed by atoms with Crippen molar-refractivity contribution in [3.63, 3.8) is 0 Å². The zero-order chi connectivity index (χ0) is 24.1. The molecule has 3 aromatic rings. The normalized spacial score (nSPS) is 26.6. The van der Waals surface area contributed by atoms with Crippen molar-refractivity contribution < 1.29 is 32.5 Å². The topological polar surface area (TPSA) is 60.8 Å². The Bertz CT molecular complexity index is 1240. The molecular weight excluding hydrogens is 447 g/mol. The minimum atomic E-state index is -4.49. The van der Waals surface area contributed by atoms with E-state index >= 15 is 0 Å². The predicted molar refractivity (Wildman–Crippen MR) is 117 cm³/mol. The maximum absolute atomic E-state index is 13.3.